The number of hydrogen-bond acceptors (Lipinski definition) is 8. The molecule has 2 aromatic rings. The molecule has 29 heavy (non-hydrogen) atoms. The van der Waals surface area contributed by atoms with Crippen molar-refractivity contribution >= 4 is 23.7 Å². The number of nitrogens with zero attached hydrogens (tertiary/aromatic N) is 3. The van der Waals surface area contributed by atoms with Gasteiger partial charge in [0.2, 0.25) is 5.95 Å². The van der Waals surface area contributed by atoms with Crippen LogP contribution in [0.25, 0.3) is 0 Å². The molecule has 0 saturated heterocycles. The quantitative estimate of drug-likeness (QED) is 0.362. The molecule has 0 radical (unpaired) electrons. The predicted molar refractivity (Wildman–Crippen MR) is 119 cm³/mol. The lowest BCUT2D eigenvalue weighted by molar-refractivity contribution is 0.599. The first-order valence-corrected chi connectivity index (χ1v) is 10.1. The molecule has 2 heterocycles. The number of hydrogen-bond donors (Lipinski definition) is 5. The number of benzene rings is 1. The molecule has 1 aliphatic carbocycles. The highest BCUT2D eigenvalue weighted by atomic mass is 15.4. The van der Waals surface area contributed by atoms with Crippen molar-refractivity contribution in [3.8, 4) is 0 Å². The topological polar surface area (TPSA) is 115 Å². The summed E-state index contributed by atoms with van der Waals surface area (Å²) >= 11 is 0. The van der Waals surface area contributed by atoms with E-state index in [4.69, 9.17) is 11.1 Å². The van der Waals surface area contributed by atoms with E-state index in [2.05, 4.69) is 32.2 Å². The van der Waals surface area contributed by atoms with Gasteiger partial charge in [-0.2, -0.15) is 4.98 Å². The molecule has 1 unspecified atom stereocenters. The minimum absolute atomic E-state index is 0.00657. The third-order valence-electron chi connectivity index (χ3n) is 4.81. The normalized spacial score (nSPS) is 17.5. The van der Waals surface area contributed by atoms with Gasteiger partial charge in [-0.05, 0) is 42.5 Å². The fourth-order valence-corrected chi connectivity index (χ4v) is 3.18. The van der Waals surface area contributed by atoms with Gasteiger partial charge in [-0.25, -0.2) is 10.4 Å². The van der Waals surface area contributed by atoms with Crippen LogP contribution in [0, 0.1) is 11.3 Å². The highest BCUT2D eigenvalue weighted by molar-refractivity contribution is 5.87. The molecular formula is C21H30N8. The molecule has 8 heteroatoms. The lowest BCUT2D eigenvalue weighted by Gasteiger charge is -2.20. The molecule has 1 fully saturated rings. The fraction of sp³-hybridized carbons (Fsp3) is 0.381. The zero-order valence-corrected chi connectivity index (χ0v) is 17.2. The molecule has 1 aromatic heterocycles. The van der Waals surface area contributed by atoms with Gasteiger partial charge >= 0.3 is 0 Å². The van der Waals surface area contributed by atoms with Crippen LogP contribution in [0.5, 0.6) is 0 Å². The van der Waals surface area contributed by atoms with Crippen LogP contribution in [0.4, 0.5) is 17.5 Å². The zero-order valence-electron chi connectivity index (χ0n) is 17.2. The van der Waals surface area contributed by atoms with Gasteiger partial charge in [0.25, 0.3) is 0 Å². The number of allylic oxidation sites excluding steroid dienone is 1. The molecule has 0 spiro atoms. The number of aromatic nitrogens is 2. The summed E-state index contributed by atoms with van der Waals surface area (Å²) in [6, 6.07) is 7.52. The minimum Gasteiger partial charge on any atom is -0.398 e. The van der Waals surface area contributed by atoms with E-state index >= 15 is 0 Å². The molecular weight excluding hydrogens is 364 g/mol. The third kappa shape index (κ3) is 5.03. The van der Waals surface area contributed by atoms with Gasteiger partial charge in [0, 0.05) is 43.0 Å². The van der Waals surface area contributed by atoms with E-state index in [1.54, 1.807) is 12.3 Å². The van der Waals surface area contributed by atoms with Crippen molar-refractivity contribution in [3.05, 3.63) is 53.4 Å². The van der Waals surface area contributed by atoms with Crippen molar-refractivity contribution in [3.63, 3.8) is 0 Å². The summed E-state index contributed by atoms with van der Waals surface area (Å²) in [4.78, 5) is 10.9. The van der Waals surface area contributed by atoms with Gasteiger partial charge in [-0.1, -0.05) is 26.0 Å². The first-order valence-electron chi connectivity index (χ1n) is 10.1. The number of rotatable bonds is 7. The standard InChI is InChI=1S/C19H24N8.C2H6/c1-27(11-13-3-2-4-15(21)14(13)10-20)19-22-8-7-17(24-19)23-18-9-16(25-26-18)12-5-6-12;1-2/h2-4,7-10,12,18,20,25-26H,5-6,11,21H2,1H3,(H,22,23,24);1-2H3. The SMILES string of the molecule is CC.CN(Cc1cccc(N)c1C=N)c1nccc(NC2C=C(C3CC3)NN2)n1. The largest absolute Gasteiger partial charge is 0.398 e. The van der Waals surface area contributed by atoms with Crippen molar-refractivity contribution in [2.24, 2.45) is 5.92 Å². The average molecular weight is 395 g/mol. The van der Waals surface area contributed by atoms with Crippen LogP contribution in [0.15, 0.2) is 42.2 Å². The van der Waals surface area contributed by atoms with E-state index in [1.807, 2.05) is 44.0 Å². The molecule has 0 bridgehead atoms. The van der Waals surface area contributed by atoms with Gasteiger partial charge < -0.3 is 26.8 Å². The molecule has 1 aromatic carbocycles. The highest BCUT2D eigenvalue weighted by Gasteiger charge is 2.29. The van der Waals surface area contributed by atoms with Gasteiger partial charge in [0.1, 0.15) is 12.0 Å². The first-order chi connectivity index (χ1) is 14.1. The Morgan fingerprint density at radius 1 is 1.31 bits per heavy atom. The monoisotopic (exact) mass is 394 g/mol. The Bertz CT molecular complexity index is 875. The molecule has 154 valence electrons. The van der Waals surface area contributed by atoms with Crippen LogP contribution in [0.1, 0.15) is 37.8 Å². The summed E-state index contributed by atoms with van der Waals surface area (Å²) in [5.74, 6) is 2.03. The molecule has 8 nitrogen and oxygen atoms in total. The Balaban J connectivity index is 0.00000117. The van der Waals surface area contributed by atoms with Crippen molar-refractivity contribution in [1.82, 2.24) is 20.8 Å². The Morgan fingerprint density at radius 2 is 2.10 bits per heavy atom. The van der Waals surface area contributed by atoms with Crippen LogP contribution in [0.3, 0.4) is 0 Å². The summed E-state index contributed by atoms with van der Waals surface area (Å²) in [5.41, 5.74) is 16.0. The second-order valence-electron chi connectivity index (χ2n) is 6.95. The predicted octanol–water partition coefficient (Wildman–Crippen LogP) is 2.86. The second kappa shape index (κ2) is 9.38. The smallest absolute Gasteiger partial charge is 0.227 e. The van der Waals surface area contributed by atoms with Crippen molar-refractivity contribution in [2.75, 3.05) is 23.0 Å². The Hall–Kier alpha value is -3.13. The maximum Gasteiger partial charge on any atom is 0.227 e. The maximum atomic E-state index is 7.60. The minimum atomic E-state index is 0.00657. The number of hydrazine groups is 1. The number of nitrogens with one attached hydrogen (secondary N) is 4. The molecule has 1 saturated carbocycles. The van der Waals surface area contributed by atoms with Crippen molar-refractivity contribution in [1.29, 1.82) is 5.41 Å². The Labute approximate surface area is 172 Å². The molecule has 0 amide bonds. The second-order valence-corrected chi connectivity index (χ2v) is 6.95. The molecule has 2 aliphatic rings. The molecule has 4 rings (SSSR count). The van der Waals surface area contributed by atoms with Crippen molar-refractivity contribution in [2.45, 2.75) is 39.4 Å². The lowest BCUT2D eigenvalue weighted by atomic mass is 10.1. The van der Waals surface area contributed by atoms with Crippen LogP contribution < -0.4 is 26.8 Å². The van der Waals surface area contributed by atoms with E-state index in [-0.39, 0.29) is 6.17 Å². The van der Waals surface area contributed by atoms with E-state index in [1.165, 1.54) is 24.8 Å². The average Bonchev–Trinajstić information content (AvgIpc) is 3.49. The number of nitrogen functional groups attached to an aromatic ring is 1. The van der Waals surface area contributed by atoms with Crippen LogP contribution in [0.2, 0.25) is 0 Å². The lowest BCUT2D eigenvalue weighted by Crippen LogP contribution is -2.37. The van der Waals surface area contributed by atoms with Crippen LogP contribution >= 0.6 is 0 Å². The van der Waals surface area contributed by atoms with Gasteiger partial charge in [0.05, 0.1) is 0 Å². The van der Waals surface area contributed by atoms with Gasteiger partial charge in [-0.15, -0.1) is 0 Å². The first kappa shape index (κ1) is 20.6. The maximum absolute atomic E-state index is 7.60. The summed E-state index contributed by atoms with van der Waals surface area (Å²) in [5, 5.41) is 11.0. The summed E-state index contributed by atoms with van der Waals surface area (Å²) < 4.78 is 0. The van der Waals surface area contributed by atoms with Crippen molar-refractivity contribution < 1.29 is 0 Å². The van der Waals surface area contributed by atoms with Crippen LogP contribution in [-0.4, -0.2) is 29.4 Å². The Kier molecular flexibility index (Phi) is 6.66. The van der Waals surface area contributed by atoms with Crippen LogP contribution in [-0.2, 0) is 6.54 Å². The summed E-state index contributed by atoms with van der Waals surface area (Å²) in [7, 11) is 1.93. The summed E-state index contributed by atoms with van der Waals surface area (Å²) in [6.07, 6.45) is 7.74. The zero-order chi connectivity index (χ0) is 20.8. The van der Waals surface area contributed by atoms with E-state index < -0.39 is 0 Å². The summed E-state index contributed by atoms with van der Waals surface area (Å²) in [6.45, 7) is 4.56. The highest BCUT2D eigenvalue weighted by Crippen LogP contribution is 2.36. The fourth-order valence-electron chi connectivity index (χ4n) is 3.18. The molecule has 1 atom stereocenters. The molecule has 1 aliphatic heterocycles. The van der Waals surface area contributed by atoms with E-state index in [0.717, 1.165) is 16.9 Å². The molecule has 6 N–H and O–H groups in total. The van der Waals surface area contributed by atoms with E-state index in [0.29, 0.717) is 24.1 Å². The third-order valence-corrected chi connectivity index (χ3v) is 4.81. The van der Waals surface area contributed by atoms with Gasteiger partial charge in [-0.3, -0.25) is 0 Å². The van der Waals surface area contributed by atoms with Gasteiger partial charge in [0.15, 0.2) is 0 Å². The number of anilines is 3. The number of nitrogens with two attached hydrogens (primary N) is 1. The van der Waals surface area contributed by atoms with E-state index in [9.17, 15) is 0 Å². The Morgan fingerprint density at radius 3 is 2.83 bits per heavy atom.